The van der Waals surface area contributed by atoms with Crippen LogP contribution < -0.4 is 10.6 Å². The predicted molar refractivity (Wildman–Crippen MR) is 87.9 cm³/mol. The van der Waals surface area contributed by atoms with Crippen LogP contribution in [-0.2, 0) is 20.8 Å². The average molecular weight is 333 g/mol. The molecule has 1 aliphatic heterocycles. The van der Waals surface area contributed by atoms with Crippen LogP contribution in [0.2, 0.25) is 0 Å². The van der Waals surface area contributed by atoms with Crippen molar-refractivity contribution in [2.45, 2.75) is 38.0 Å². The van der Waals surface area contributed by atoms with Crippen LogP contribution in [0.4, 0.5) is 0 Å². The molecule has 130 valence electrons. The van der Waals surface area contributed by atoms with Crippen LogP contribution in [0.3, 0.4) is 0 Å². The molecule has 1 aliphatic rings. The van der Waals surface area contributed by atoms with E-state index in [1.807, 2.05) is 30.3 Å². The highest BCUT2D eigenvalue weighted by molar-refractivity contribution is 5.92. The standard InChI is InChI=1S/C17H23N3O4/c1-11(21)19-13(10-12-6-4-3-5-7-12)17(24)20-9-8-14(22)15(20)16(23)18-2/h3-7,13-15,22H,8-10H2,1-2H3,(H,18,23)(H,19,21)/t13-,14-,15-/m0/s1. The van der Waals surface area contributed by atoms with Crippen molar-refractivity contribution in [1.29, 1.82) is 0 Å². The van der Waals surface area contributed by atoms with Crippen molar-refractivity contribution in [1.82, 2.24) is 15.5 Å². The lowest BCUT2D eigenvalue weighted by Gasteiger charge is -2.29. The lowest BCUT2D eigenvalue weighted by molar-refractivity contribution is -0.142. The van der Waals surface area contributed by atoms with Crippen molar-refractivity contribution < 1.29 is 19.5 Å². The van der Waals surface area contributed by atoms with Gasteiger partial charge in [0, 0.05) is 26.9 Å². The van der Waals surface area contributed by atoms with Crippen molar-refractivity contribution in [3.05, 3.63) is 35.9 Å². The number of carbonyl (C=O) groups excluding carboxylic acids is 3. The fourth-order valence-corrected chi connectivity index (χ4v) is 2.98. The first-order valence-corrected chi connectivity index (χ1v) is 7.95. The minimum atomic E-state index is -0.922. The summed E-state index contributed by atoms with van der Waals surface area (Å²) in [5, 5.41) is 15.1. The lowest BCUT2D eigenvalue weighted by Crippen LogP contribution is -2.55. The number of aliphatic hydroxyl groups is 1. The Bertz CT molecular complexity index is 605. The molecule has 1 saturated heterocycles. The third-order valence-electron chi connectivity index (χ3n) is 4.12. The van der Waals surface area contributed by atoms with Crippen molar-refractivity contribution in [2.75, 3.05) is 13.6 Å². The Morgan fingerprint density at radius 2 is 1.96 bits per heavy atom. The molecule has 7 heteroatoms. The Kier molecular flexibility index (Phi) is 5.92. The van der Waals surface area contributed by atoms with Gasteiger partial charge in [0.1, 0.15) is 12.1 Å². The van der Waals surface area contributed by atoms with Crippen LogP contribution >= 0.6 is 0 Å². The van der Waals surface area contributed by atoms with Gasteiger partial charge in [-0.15, -0.1) is 0 Å². The molecular formula is C17H23N3O4. The Morgan fingerprint density at radius 3 is 2.54 bits per heavy atom. The molecule has 7 nitrogen and oxygen atoms in total. The second kappa shape index (κ2) is 7.92. The van der Waals surface area contributed by atoms with Crippen LogP contribution in [0.15, 0.2) is 30.3 Å². The van der Waals surface area contributed by atoms with Gasteiger partial charge in [-0.25, -0.2) is 0 Å². The third-order valence-corrected chi connectivity index (χ3v) is 4.12. The second-order valence-electron chi connectivity index (χ2n) is 5.89. The molecular weight excluding hydrogens is 310 g/mol. The van der Waals surface area contributed by atoms with E-state index in [-0.39, 0.29) is 18.4 Å². The van der Waals surface area contributed by atoms with E-state index in [2.05, 4.69) is 10.6 Å². The number of carbonyl (C=O) groups is 3. The first kappa shape index (κ1) is 17.9. The van der Waals surface area contributed by atoms with Gasteiger partial charge in [-0.2, -0.15) is 0 Å². The zero-order valence-corrected chi connectivity index (χ0v) is 13.9. The van der Waals surface area contributed by atoms with E-state index in [4.69, 9.17) is 0 Å². The summed E-state index contributed by atoms with van der Waals surface area (Å²) < 4.78 is 0. The molecule has 24 heavy (non-hydrogen) atoms. The van der Waals surface area contributed by atoms with E-state index >= 15 is 0 Å². The van der Waals surface area contributed by atoms with Crippen molar-refractivity contribution in [3.8, 4) is 0 Å². The first-order valence-electron chi connectivity index (χ1n) is 7.95. The summed E-state index contributed by atoms with van der Waals surface area (Å²) in [5.74, 6) is -1.09. The normalized spacial score (nSPS) is 21.2. The minimum Gasteiger partial charge on any atom is -0.390 e. The Balaban J connectivity index is 2.20. The smallest absolute Gasteiger partial charge is 0.246 e. The maximum absolute atomic E-state index is 12.9. The molecule has 1 heterocycles. The van der Waals surface area contributed by atoms with Crippen LogP contribution in [0, 0.1) is 0 Å². The van der Waals surface area contributed by atoms with Crippen LogP contribution in [0.1, 0.15) is 18.9 Å². The number of hydrogen-bond donors (Lipinski definition) is 3. The zero-order chi connectivity index (χ0) is 17.7. The van der Waals surface area contributed by atoms with E-state index in [0.29, 0.717) is 12.8 Å². The zero-order valence-electron chi connectivity index (χ0n) is 13.9. The summed E-state index contributed by atoms with van der Waals surface area (Å²) in [7, 11) is 1.46. The maximum atomic E-state index is 12.9. The SMILES string of the molecule is CNC(=O)[C@@H]1[C@@H](O)CCN1C(=O)[C@H](Cc1ccccc1)NC(C)=O. The van der Waals surface area contributed by atoms with Gasteiger partial charge in [0.05, 0.1) is 6.10 Å². The van der Waals surface area contributed by atoms with Gasteiger partial charge in [0.25, 0.3) is 0 Å². The lowest BCUT2D eigenvalue weighted by atomic mass is 10.0. The number of rotatable bonds is 5. The molecule has 2 rings (SSSR count). The summed E-state index contributed by atoms with van der Waals surface area (Å²) in [6, 6.07) is 7.64. The highest BCUT2D eigenvalue weighted by Gasteiger charge is 2.42. The van der Waals surface area contributed by atoms with Gasteiger partial charge >= 0.3 is 0 Å². The summed E-state index contributed by atoms with van der Waals surface area (Å²) in [5.41, 5.74) is 0.904. The van der Waals surface area contributed by atoms with Crippen molar-refractivity contribution in [3.63, 3.8) is 0 Å². The molecule has 0 aliphatic carbocycles. The molecule has 3 N–H and O–H groups in total. The number of likely N-dealkylation sites (N-methyl/N-ethyl adjacent to an activating group) is 1. The Labute approximate surface area is 141 Å². The number of amides is 3. The number of benzene rings is 1. The number of likely N-dealkylation sites (tertiary alicyclic amines) is 1. The highest BCUT2D eigenvalue weighted by Crippen LogP contribution is 2.20. The monoisotopic (exact) mass is 333 g/mol. The van der Waals surface area contributed by atoms with Gasteiger partial charge < -0.3 is 20.6 Å². The van der Waals surface area contributed by atoms with E-state index in [1.54, 1.807) is 0 Å². The fourth-order valence-electron chi connectivity index (χ4n) is 2.98. The molecule has 0 spiro atoms. The van der Waals surface area contributed by atoms with Gasteiger partial charge in [0.2, 0.25) is 17.7 Å². The molecule has 1 aromatic rings. The van der Waals surface area contributed by atoms with E-state index in [9.17, 15) is 19.5 Å². The second-order valence-corrected chi connectivity index (χ2v) is 5.89. The maximum Gasteiger partial charge on any atom is 0.246 e. The number of hydrogen-bond acceptors (Lipinski definition) is 4. The van der Waals surface area contributed by atoms with Gasteiger partial charge in [0.15, 0.2) is 0 Å². The average Bonchev–Trinajstić information content (AvgIpc) is 2.95. The topological polar surface area (TPSA) is 98.7 Å². The van der Waals surface area contributed by atoms with Gasteiger partial charge in [-0.05, 0) is 12.0 Å². The fraction of sp³-hybridized carbons (Fsp3) is 0.471. The van der Waals surface area contributed by atoms with Crippen LogP contribution in [0.5, 0.6) is 0 Å². The minimum absolute atomic E-state index is 0.281. The summed E-state index contributed by atoms with van der Waals surface area (Å²) >= 11 is 0. The molecule has 1 fully saturated rings. The van der Waals surface area contributed by atoms with Gasteiger partial charge in [-0.1, -0.05) is 30.3 Å². The molecule has 1 aromatic carbocycles. The van der Waals surface area contributed by atoms with E-state index in [1.165, 1.54) is 18.9 Å². The third kappa shape index (κ3) is 4.11. The van der Waals surface area contributed by atoms with Crippen LogP contribution in [-0.4, -0.2) is 59.5 Å². The quantitative estimate of drug-likeness (QED) is 0.673. The van der Waals surface area contributed by atoms with Crippen molar-refractivity contribution in [2.24, 2.45) is 0 Å². The Morgan fingerprint density at radius 1 is 1.29 bits per heavy atom. The Hall–Kier alpha value is -2.41. The molecule has 3 atom stereocenters. The van der Waals surface area contributed by atoms with E-state index < -0.39 is 24.1 Å². The number of aliphatic hydroxyl groups excluding tert-OH is 1. The highest BCUT2D eigenvalue weighted by atomic mass is 16.3. The molecule has 3 amide bonds. The summed E-state index contributed by atoms with van der Waals surface area (Å²) in [4.78, 5) is 37.7. The first-order chi connectivity index (χ1) is 11.4. The molecule has 0 unspecified atom stereocenters. The van der Waals surface area contributed by atoms with E-state index in [0.717, 1.165) is 5.56 Å². The van der Waals surface area contributed by atoms with Crippen molar-refractivity contribution >= 4 is 17.7 Å². The van der Waals surface area contributed by atoms with Crippen LogP contribution in [0.25, 0.3) is 0 Å². The number of nitrogens with zero attached hydrogens (tertiary/aromatic N) is 1. The predicted octanol–water partition coefficient (Wildman–Crippen LogP) is -0.558. The van der Waals surface area contributed by atoms with Gasteiger partial charge in [-0.3, -0.25) is 14.4 Å². The molecule has 0 saturated carbocycles. The number of nitrogens with one attached hydrogen (secondary N) is 2. The summed E-state index contributed by atoms with van der Waals surface area (Å²) in [6.45, 7) is 1.63. The molecule has 0 radical (unpaired) electrons. The summed E-state index contributed by atoms with van der Waals surface area (Å²) in [6.07, 6.45) is -0.238. The molecule has 0 bridgehead atoms. The molecule has 0 aromatic heterocycles. The largest absolute Gasteiger partial charge is 0.390 e.